The van der Waals surface area contributed by atoms with Crippen LogP contribution in [0.15, 0.2) is 61.9 Å². The average molecular weight is 530 g/mol. The van der Waals surface area contributed by atoms with Crippen LogP contribution in [-0.2, 0) is 9.53 Å². The van der Waals surface area contributed by atoms with Crippen LogP contribution in [0.5, 0.6) is 0 Å². The Balaban J connectivity index is 1.68. The number of fused-ring (bicyclic) bond motifs is 1. The van der Waals surface area contributed by atoms with E-state index < -0.39 is 12.0 Å². The third kappa shape index (κ3) is 4.28. The Morgan fingerprint density at radius 1 is 1.08 bits per heavy atom. The fourth-order valence-electron chi connectivity index (χ4n) is 5.00. The van der Waals surface area contributed by atoms with E-state index in [0.29, 0.717) is 32.1 Å². The smallest absolute Gasteiger partial charge is 0.338 e. The summed E-state index contributed by atoms with van der Waals surface area (Å²) in [6.45, 7) is 13.9. The van der Waals surface area contributed by atoms with Gasteiger partial charge in [-0.25, -0.2) is 9.79 Å². The number of carbonyl (C=O) groups excluding carboxylic acids is 1. The molecule has 1 aliphatic heterocycles. The summed E-state index contributed by atoms with van der Waals surface area (Å²) in [6.07, 6.45) is 1.91. The van der Waals surface area contributed by atoms with Gasteiger partial charge in [0.05, 0.1) is 22.4 Å². The van der Waals surface area contributed by atoms with Crippen LogP contribution in [0.4, 0.5) is 0 Å². The van der Waals surface area contributed by atoms with Crippen LogP contribution in [0, 0.1) is 34.6 Å². The van der Waals surface area contributed by atoms with Gasteiger partial charge in [-0.05, 0) is 102 Å². The molecule has 0 N–H and O–H groups in total. The maximum atomic E-state index is 13.9. The van der Waals surface area contributed by atoms with Crippen molar-refractivity contribution in [1.82, 2.24) is 9.13 Å². The first-order chi connectivity index (χ1) is 18.1. The molecule has 0 amide bonds. The van der Waals surface area contributed by atoms with E-state index in [1.54, 1.807) is 24.5 Å². The molecule has 7 nitrogen and oxygen atoms in total. The quantitative estimate of drug-likeness (QED) is 0.351. The van der Waals surface area contributed by atoms with Gasteiger partial charge in [0, 0.05) is 17.1 Å². The minimum absolute atomic E-state index is 0.222. The van der Waals surface area contributed by atoms with Gasteiger partial charge in [0.2, 0.25) is 0 Å². The van der Waals surface area contributed by atoms with Crippen molar-refractivity contribution in [3.63, 3.8) is 0 Å². The molecule has 0 unspecified atom stereocenters. The molecule has 196 valence electrons. The van der Waals surface area contributed by atoms with E-state index in [-0.39, 0.29) is 12.2 Å². The molecule has 4 aromatic rings. The van der Waals surface area contributed by atoms with Gasteiger partial charge >= 0.3 is 5.97 Å². The number of nitrogens with zero attached hydrogens (tertiary/aromatic N) is 3. The number of furan rings is 1. The fourth-order valence-corrected chi connectivity index (χ4v) is 6.04. The molecule has 0 aliphatic carbocycles. The molecule has 1 atom stereocenters. The van der Waals surface area contributed by atoms with Crippen LogP contribution in [0.3, 0.4) is 0 Å². The predicted octanol–water partition coefficient (Wildman–Crippen LogP) is 4.72. The Morgan fingerprint density at radius 2 is 1.84 bits per heavy atom. The second-order valence-corrected chi connectivity index (χ2v) is 10.7. The highest BCUT2D eigenvalue weighted by Crippen LogP contribution is 2.32. The number of esters is 1. The minimum atomic E-state index is -0.746. The number of allylic oxidation sites excluding steroid dienone is 1. The number of rotatable bonds is 5. The zero-order valence-corrected chi connectivity index (χ0v) is 23.5. The second-order valence-electron chi connectivity index (χ2n) is 9.68. The van der Waals surface area contributed by atoms with Crippen molar-refractivity contribution in [2.45, 2.75) is 54.5 Å². The predicted molar refractivity (Wildman–Crippen MR) is 149 cm³/mol. The summed E-state index contributed by atoms with van der Waals surface area (Å²) in [6, 6.07) is 11.4. The van der Waals surface area contributed by atoms with Crippen LogP contribution in [0.2, 0.25) is 0 Å². The number of carbonyl (C=O) groups is 1. The van der Waals surface area contributed by atoms with E-state index in [4.69, 9.17) is 9.15 Å². The van der Waals surface area contributed by atoms with Crippen molar-refractivity contribution in [2.75, 3.05) is 6.61 Å². The summed E-state index contributed by atoms with van der Waals surface area (Å²) in [7, 11) is 0. The SMILES string of the molecule is CCOC(=O)C1=C(C)N=c2s/c(=C/c3cc(C)n(-c4ccc(C)c(C)c4)c3C)c(=O)n2[C@H]1c1ccc(C)o1. The van der Waals surface area contributed by atoms with Crippen LogP contribution in [-0.4, -0.2) is 21.7 Å². The van der Waals surface area contributed by atoms with Crippen molar-refractivity contribution in [3.8, 4) is 5.69 Å². The molecule has 0 fully saturated rings. The van der Waals surface area contributed by atoms with Crippen molar-refractivity contribution in [2.24, 2.45) is 4.99 Å². The molecule has 1 aliphatic rings. The van der Waals surface area contributed by atoms with Crippen molar-refractivity contribution < 1.29 is 13.9 Å². The summed E-state index contributed by atoms with van der Waals surface area (Å²) in [4.78, 5) is 32.0. The normalized spacial score (nSPS) is 15.6. The van der Waals surface area contributed by atoms with Gasteiger partial charge in [-0.2, -0.15) is 0 Å². The standard InChI is InChI=1S/C30H31N3O4S/c1-8-36-29(35)26-20(6)31-30-33(27(26)24-12-10-19(5)37-24)28(34)25(38-30)15-22-14-18(4)32(21(22)7)23-11-9-16(2)17(3)13-23/h9-15,27H,8H2,1-7H3/b25-15+/t27-/m0/s1. The summed E-state index contributed by atoms with van der Waals surface area (Å²) in [5.74, 6) is 0.693. The lowest BCUT2D eigenvalue weighted by Gasteiger charge is -2.22. The van der Waals surface area contributed by atoms with E-state index in [0.717, 1.165) is 22.6 Å². The van der Waals surface area contributed by atoms with Gasteiger partial charge in [-0.3, -0.25) is 9.36 Å². The van der Waals surface area contributed by atoms with Crippen LogP contribution in [0.1, 0.15) is 59.5 Å². The molecule has 0 spiro atoms. The van der Waals surface area contributed by atoms with Gasteiger partial charge in [-0.1, -0.05) is 17.4 Å². The largest absolute Gasteiger partial charge is 0.464 e. The average Bonchev–Trinajstić information content (AvgIpc) is 3.51. The maximum absolute atomic E-state index is 13.9. The summed E-state index contributed by atoms with van der Waals surface area (Å²) >= 11 is 1.31. The topological polar surface area (TPSA) is 78.7 Å². The van der Waals surface area contributed by atoms with Crippen LogP contribution in [0.25, 0.3) is 11.8 Å². The Labute approximate surface area is 225 Å². The Hall–Kier alpha value is -3.91. The summed E-state index contributed by atoms with van der Waals surface area (Å²) in [5.41, 5.74) is 7.24. The molecule has 0 bridgehead atoms. The first kappa shape index (κ1) is 25.7. The first-order valence-corrected chi connectivity index (χ1v) is 13.4. The van der Waals surface area contributed by atoms with Gasteiger partial charge in [-0.15, -0.1) is 0 Å². The number of thiazole rings is 1. The van der Waals surface area contributed by atoms with Crippen LogP contribution >= 0.6 is 11.3 Å². The van der Waals surface area contributed by atoms with Crippen molar-refractivity contribution in [1.29, 1.82) is 0 Å². The summed E-state index contributed by atoms with van der Waals surface area (Å²) < 4.78 is 15.5. The van der Waals surface area contributed by atoms with E-state index in [9.17, 15) is 9.59 Å². The Kier molecular flexibility index (Phi) is 6.61. The molecular weight excluding hydrogens is 498 g/mol. The maximum Gasteiger partial charge on any atom is 0.338 e. The van der Waals surface area contributed by atoms with Gasteiger partial charge in [0.1, 0.15) is 17.6 Å². The molecule has 5 rings (SSSR count). The Morgan fingerprint density at radius 3 is 2.50 bits per heavy atom. The lowest BCUT2D eigenvalue weighted by atomic mass is 10.0. The molecule has 1 aromatic carbocycles. The third-order valence-electron chi connectivity index (χ3n) is 7.05. The first-order valence-electron chi connectivity index (χ1n) is 12.6. The number of aryl methyl sites for hydroxylation is 4. The molecule has 0 saturated heterocycles. The van der Waals surface area contributed by atoms with Crippen molar-refractivity contribution in [3.05, 3.63) is 107 Å². The van der Waals surface area contributed by atoms with E-state index in [2.05, 4.69) is 61.5 Å². The molecule has 0 saturated carbocycles. The number of hydrogen-bond acceptors (Lipinski definition) is 6. The van der Waals surface area contributed by atoms with E-state index in [1.165, 1.54) is 22.5 Å². The zero-order chi connectivity index (χ0) is 27.3. The highest BCUT2D eigenvalue weighted by atomic mass is 32.1. The minimum Gasteiger partial charge on any atom is -0.464 e. The number of aromatic nitrogens is 2. The summed E-state index contributed by atoms with van der Waals surface area (Å²) in [5, 5.41) is 0. The Bertz CT molecular complexity index is 1800. The molecule has 3 aromatic heterocycles. The molecular formula is C30H31N3O4S. The second kappa shape index (κ2) is 9.76. The van der Waals surface area contributed by atoms with Crippen LogP contribution < -0.4 is 14.9 Å². The third-order valence-corrected chi connectivity index (χ3v) is 8.04. The molecule has 4 heterocycles. The van der Waals surface area contributed by atoms with Gasteiger partial charge in [0.25, 0.3) is 5.56 Å². The number of benzene rings is 1. The molecule has 0 radical (unpaired) electrons. The van der Waals surface area contributed by atoms with E-state index in [1.807, 2.05) is 19.1 Å². The van der Waals surface area contributed by atoms with E-state index >= 15 is 0 Å². The fraction of sp³-hybridized carbons (Fsp3) is 0.300. The zero-order valence-electron chi connectivity index (χ0n) is 22.7. The number of hydrogen-bond donors (Lipinski definition) is 0. The molecule has 8 heteroatoms. The van der Waals surface area contributed by atoms with Gasteiger partial charge < -0.3 is 13.7 Å². The number of ether oxygens (including phenoxy) is 1. The monoisotopic (exact) mass is 529 g/mol. The lowest BCUT2D eigenvalue weighted by Crippen LogP contribution is -2.39. The highest BCUT2D eigenvalue weighted by Gasteiger charge is 2.35. The highest BCUT2D eigenvalue weighted by molar-refractivity contribution is 7.07. The molecule has 38 heavy (non-hydrogen) atoms. The van der Waals surface area contributed by atoms with Crippen molar-refractivity contribution >= 4 is 23.4 Å². The lowest BCUT2D eigenvalue weighted by molar-refractivity contribution is -0.139. The van der Waals surface area contributed by atoms with Gasteiger partial charge in [0.15, 0.2) is 4.80 Å².